The van der Waals surface area contributed by atoms with Gasteiger partial charge in [0.25, 0.3) is 0 Å². The molecule has 212 valence electrons. The van der Waals surface area contributed by atoms with E-state index in [1.165, 1.54) is 6.08 Å². The van der Waals surface area contributed by atoms with Crippen LogP contribution in [0.25, 0.3) is 23.2 Å². The number of thiophene rings is 1. The molecule has 0 saturated carbocycles. The van der Waals surface area contributed by atoms with Crippen molar-refractivity contribution in [2.24, 2.45) is 4.99 Å². The highest BCUT2D eigenvalue weighted by Gasteiger charge is 2.31. The second-order valence-corrected chi connectivity index (χ2v) is 11.4. The van der Waals surface area contributed by atoms with E-state index in [9.17, 15) is 5.26 Å². The van der Waals surface area contributed by atoms with Crippen molar-refractivity contribution in [1.29, 1.82) is 5.26 Å². The van der Waals surface area contributed by atoms with E-state index in [0.29, 0.717) is 46.9 Å². The topological polar surface area (TPSA) is 74.6 Å². The molecule has 0 amide bonds. The molecule has 0 atom stereocenters. The first-order valence-corrected chi connectivity index (χ1v) is 14.8. The molecule has 5 nitrogen and oxygen atoms in total. The summed E-state index contributed by atoms with van der Waals surface area (Å²) in [6, 6.07) is 2.17. The summed E-state index contributed by atoms with van der Waals surface area (Å²) in [5.74, 6) is 0.0272. The summed E-state index contributed by atoms with van der Waals surface area (Å²) in [4.78, 5) is 7.28. The average Bonchev–Trinajstić information content (AvgIpc) is 3.72. The monoisotopic (exact) mass is 564 g/mol. The highest BCUT2D eigenvalue weighted by atomic mass is 32.1. The SMILES string of the molecule is C/C=C(/F)c1sc(N)c(C#N)c1/C(=C(\C)CC)c1c2c(/c(=C/N=C(C)N3CCCC3)c(=C(C)CC)c1F)COC2. The fourth-order valence-electron chi connectivity index (χ4n) is 5.52. The Morgan fingerprint density at radius 3 is 2.40 bits per heavy atom. The lowest BCUT2D eigenvalue weighted by molar-refractivity contribution is 0.134. The molecule has 1 saturated heterocycles. The van der Waals surface area contributed by atoms with Gasteiger partial charge in [0, 0.05) is 40.9 Å². The summed E-state index contributed by atoms with van der Waals surface area (Å²) in [6.07, 6.45) is 6.65. The first-order valence-electron chi connectivity index (χ1n) is 13.9. The quantitative estimate of drug-likeness (QED) is 0.311. The van der Waals surface area contributed by atoms with Gasteiger partial charge in [-0.15, -0.1) is 11.3 Å². The van der Waals surface area contributed by atoms with Gasteiger partial charge in [0.2, 0.25) is 0 Å². The number of nitrogen functional groups attached to an aromatic ring is 1. The van der Waals surface area contributed by atoms with Gasteiger partial charge in [0.05, 0.1) is 23.7 Å². The van der Waals surface area contributed by atoms with E-state index in [0.717, 1.165) is 65.0 Å². The van der Waals surface area contributed by atoms with Crippen molar-refractivity contribution in [3.05, 3.63) is 60.6 Å². The molecule has 0 radical (unpaired) electrons. The van der Waals surface area contributed by atoms with Gasteiger partial charge in [-0.1, -0.05) is 31.1 Å². The van der Waals surface area contributed by atoms with Crippen molar-refractivity contribution in [2.45, 2.75) is 80.4 Å². The minimum absolute atomic E-state index is 0.172. The van der Waals surface area contributed by atoms with E-state index in [-0.39, 0.29) is 22.0 Å². The lowest BCUT2D eigenvalue weighted by Gasteiger charge is -2.19. The fraction of sp³-hybridized carbons (Fsp3) is 0.438. The van der Waals surface area contributed by atoms with E-state index >= 15 is 8.78 Å². The summed E-state index contributed by atoms with van der Waals surface area (Å²) in [5.41, 5.74) is 11.0. The van der Waals surface area contributed by atoms with Gasteiger partial charge in [0.15, 0.2) is 0 Å². The Balaban J connectivity index is 2.15. The zero-order valence-electron chi connectivity index (χ0n) is 24.3. The van der Waals surface area contributed by atoms with Crippen LogP contribution in [-0.2, 0) is 18.0 Å². The number of amidine groups is 1. The molecular formula is C32H38F2N4OS. The smallest absolute Gasteiger partial charge is 0.139 e. The molecule has 1 aromatic heterocycles. The van der Waals surface area contributed by atoms with Crippen LogP contribution in [-0.4, -0.2) is 23.8 Å². The van der Waals surface area contributed by atoms with Crippen molar-refractivity contribution in [1.82, 2.24) is 4.90 Å². The Hall–Kier alpha value is -3.28. The summed E-state index contributed by atoms with van der Waals surface area (Å²) in [5, 5.41) is 11.5. The van der Waals surface area contributed by atoms with Crippen LogP contribution in [0, 0.1) is 17.1 Å². The van der Waals surface area contributed by atoms with Gasteiger partial charge in [-0.05, 0) is 70.1 Å². The zero-order valence-corrected chi connectivity index (χ0v) is 25.1. The average molecular weight is 565 g/mol. The van der Waals surface area contributed by atoms with Gasteiger partial charge >= 0.3 is 0 Å². The third-order valence-electron chi connectivity index (χ3n) is 8.07. The fourth-order valence-corrected chi connectivity index (χ4v) is 6.51. The second-order valence-electron chi connectivity index (χ2n) is 10.4. The van der Waals surface area contributed by atoms with E-state index in [1.807, 2.05) is 34.6 Å². The third kappa shape index (κ3) is 5.25. The summed E-state index contributed by atoms with van der Waals surface area (Å²) >= 11 is 1.02. The lowest BCUT2D eigenvalue weighted by atomic mass is 9.84. The number of nitriles is 1. The predicted molar refractivity (Wildman–Crippen MR) is 162 cm³/mol. The maximum absolute atomic E-state index is 17.1. The Kier molecular flexibility index (Phi) is 9.27. The number of likely N-dealkylation sites (tertiary alicyclic amines) is 1. The van der Waals surface area contributed by atoms with Gasteiger partial charge in [-0.2, -0.15) is 5.26 Å². The second kappa shape index (κ2) is 12.5. The number of benzene rings is 1. The molecule has 0 spiro atoms. The Morgan fingerprint density at radius 1 is 1.12 bits per heavy atom. The van der Waals surface area contributed by atoms with Gasteiger partial charge in [-0.3, -0.25) is 0 Å². The normalized spacial score (nSPS) is 17.8. The Morgan fingerprint density at radius 2 is 1.80 bits per heavy atom. The number of fused-ring (bicyclic) bond motifs is 1. The molecule has 40 heavy (non-hydrogen) atoms. The number of rotatable bonds is 6. The van der Waals surface area contributed by atoms with Crippen molar-refractivity contribution in [2.75, 3.05) is 18.8 Å². The highest BCUT2D eigenvalue weighted by Crippen LogP contribution is 2.45. The first kappa shape index (κ1) is 29.7. The Bertz CT molecular complexity index is 1580. The molecule has 4 rings (SSSR count). The minimum Gasteiger partial charge on any atom is -0.389 e. The number of hydrogen-bond acceptors (Lipinski definition) is 5. The summed E-state index contributed by atoms with van der Waals surface area (Å²) in [6.45, 7) is 13.9. The van der Waals surface area contributed by atoms with Crippen LogP contribution in [0.1, 0.15) is 99.9 Å². The molecule has 1 aromatic carbocycles. The number of nitrogens with zero attached hydrogens (tertiary/aromatic N) is 3. The number of nitrogens with two attached hydrogens (primary N) is 1. The van der Waals surface area contributed by atoms with Crippen LogP contribution in [0.3, 0.4) is 0 Å². The standard InChI is InChI=1S/C32H38F2N4OS/c1-7-18(4)26-22(15-37-20(6)38-12-10-11-13-38)23-16-39-17-24(23)28(30(26)34)27(19(5)8-2)29-21(14-35)32(36)40-31(29)25(33)9-3/h9,15H,7-8,10-13,16-17,36H2,1-6H3/b22-15-,25-9+,26-18?,27-19+,37-20?. The molecule has 2 N–H and O–H groups in total. The molecule has 8 heteroatoms. The predicted octanol–water partition coefficient (Wildman–Crippen LogP) is 6.77. The van der Waals surface area contributed by atoms with Crippen molar-refractivity contribution < 1.29 is 13.5 Å². The number of aliphatic imine (C=N–C) groups is 1. The maximum Gasteiger partial charge on any atom is 0.139 e. The number of halogens is 2. The summed E-state index contributed by atoms with van der Waals surface area (Å²) < 4.78 is 38.3. The number of hydrogen-bond donors (Lipinski definition) is 1. The lowest BCUT2D eigenvalue weighted by Crippen LogP contribution is -2.36. The van der Waals surface area contributed by atoms with Crippen LogP contribution in [0.2, 0.25) is 0 Å². The van der Waals surface area contributed by atoms with Crippen LogP contribution >= 0.6 is 11.3 Å². The molecule has 0 unspecified atom stereocenters. The van der Waals surface area contributed by atoms with Crippen molar-refractivity contribution in [3.63, 3.8) is 0 Å². The molecule has 1 fully saturated rings. The van der Waals surface area contributed by atoms with E-state index < -0.39 is 11.6 Å². The van der Waals surface area contributed by atoms with Gasteiger partial charge in [0.1, 0.15) is 28.6 Å². The van der Waals surface area contributed by atoms with Crippen LogP contribution < -0.4 is 16.2 Å². The molecule has 0 bridgehead atoms. The maximum atomic E-state index is 17.1. The largest absolute Gasteiger partial charge is 0.389 e. The van der Waals surface area contributed by atoms with E-state index in [1.54, 1.807) is 13.1 Å². The van der Waals surface area contributed by atoms with Crippen LogP contribution in [0.5, 0.6) is 0 Å². The van der Waals surface area contributed by atoms with Gasteiger partial charge < -0.3 is 15.4 Å². The van der Waals surface area contributed by atoms with Crippen molar-refractivity contribution in [3.8, 4) is 6.07 Å². The molecular weight excluding hydrogens is 526 g/mol. The van der Waals surface area contributed by atoms with Crippen molar-refractivity contribution >= 4 is 45.3 Å². The molecule has 2 aliphatic heterocycles. The third-order valence-corrected chi connectivity index (χ3v) is 9.10. The van der Waals surface area contributed by atoms with Crippen LogP contribution in [0.4, 0.5) is 13.8 Å². The summed E-state index contributed by atoms with van der Waals surface area (Å²) in [7, 11) is 0. The molecule has 3 heterocycles. The van der Waals surface area contributed by atoms with Crippen LogP contribution in [0.15, 0.2) is 16.6 Å². The number of anilines is 1. The van der Waals surface area contributed by atoms with E-state index in [4.69, 9.17) is 15.5 Å². The number of ether oxygens (including phenoxy) is 1. The molecule has 2 aromatic rings. The molecule has 2 aliphatic rings. The molecule has 0 aliphatic carbocycles. The zero-order chi connectivity index (χ0) is 29.1. The van der Waals surface area contributed by atoms with Gasteiger partial charge in [-0.25, -0.2) is 13.8 Å². The highest BCUT2D eigenvalue weighted by molar-refractivity contribution is 7.17. The Labute approximate surface area is 239 Å². The van der Waals surface area contributed by atoms with E-state index in [2.05, 4.69) is 11.0 Å². The first-order chi connectivity index (χ1) is 19.2. The minimum atomic E-state index is -0.490. The number of allylic oxidation sites excluding steroid dienone is 2.